The highest BCUT2D eigenvalue weighted by Gasteiger charge is 2.05. The molecule has 0 radical (unpaired) electrons. The predicted molar refractivity (Wildman–Crippen MR) is 64.2 cm³/mol. The molecule has 0 aliphatic carbocycles. The van der Waals surface area contributed by atoms with Crippen LogP contribution in [0.1, 0.15) is 18.9 Å². The van der Waals surface area contributed by atoms with Crippen LogP contribution in [0.25, 0.3) is 0 Å². The smallest absolute Gasteiger partial charge is 0.262 e. The van der Waals surface area contributed by atoms with E-state index in [1.165, 1.54) is 6.07 Å². The normalized spacial score (nSPS) is 9.82. The molecule has 0 heterocycles. The highest BCUT2D eigenvalue weighted by atomic mass is 19.1. The van der Waals surface area contributed by atoms with Crippen molar-refractivity contribution in [2.75, 3.05) is 6.61 Å². The molecule has 0 fully saturated rings. The van der Waals surface area contributed by atoms with E-state index in [9.17, 15) is 9.18 Å². The number of benzene rings is 1. The Hall–Kier alpha value is -1.84. The molecule has 17 heavy (non-hydrogen) atoms. The first-order valence-electron chi connectivity index (χ1n) is 5.39. The first-order chi connectivity index (χ1) is 8.02. The largest absolute Gasteiger partial charge is 0.484 e. The lowest BCUT2D eigenvalue weighted by atomic mass is 10.2. The third kappa shape index (κ3) is 4.26. The number of carbonyl (C=O) groups excluding carboxylic acids is 1. The predicted octanol–water partition coefficient (Wildman–Crippen LogP) is 2.55. The van der Waals surface area contributed by atoms with Crippen LogP contribution in [0.3, 0.4) is 0 Å². The molecular weight excluding hydrogens is 221 g/mol. The maximum absolute atomic E-state index is 13.2. The number of amides is 1. The Morgan fingerprint density at radius 2 is 2.24 bits per heavy atom. The summed E-state index contributed by atoms with van der Waals surface area (Å²) in [4.78, 5) is 11.3. The van der Waals surface area contributed by atoms with Gasteiger partial charge in [-0.1, -0.05) is 19.6 Å². The summed E-state index contributed by atoms with van der Waals surface area (Å²) in [6.07, 6.45) is 0.672. The third-order valence-corrected chi connectivity index (χ3v) is 2.26. The van der Waals surface area contributed by atoms with E-state index in [0.717, 1.165) is 0 Å². The fourth-order valence-electron chi connectivity index (χ4n) is 1.13. The van der Waals surface area contributed by atoms with E-state index in [2.05, 4.69) is 11.9 Å². The van der Waals surface area contributed by atoms with Crippen LogP contribution in [-0.4, -0.2) is 12.5 Å². The van der Waals surface area contributed by atoms with Crippen LogP contribution >= 0.6 is 0 Å². The van der Waals surface area contributed by atoms with Crippen molar-refractivity contribution >= 4 is 5.91 Å². The van der Waals surface area contributed by atoms with Crippen LogP contribution in [0.4, 0.5) is 4.39 Å². The second-order valence-corrected chi connectivity index (χ2v) is 3.70. The van der Waals surface area contributed by atoms with Crippen molar-refractivity contribution in [3.63, 3.8) is 0 Å². The second kappa shape index (κ2) is 6.03. The van der Waals surface area contributed by atoms with E-state index in [1.807, 2.05) is 6.92 Å². The number of carbonyl (C=O) groups is 1. The molecule has 0 bridgehead atoms. The number of halogens is 1. The van der Waals surface area contributed by atoms with Crippen molar-refractivity contribution in [3.8, 4) is 5.75 Å². The number of nitrogens with one attached hydrogen (secondary N) is 1. The maximum Gasteiger partial charge on any atom is 0.262 e. The van der Waals surface area contributed by atoms with E-state index in [0.29, 0.717) is 23.4 Å². The van der Waals surface area contributed by atoms with Crippen molar-refractivity contribution in [3.05, 3.63) is 41.9 Å². The van der Waals surface area contributed by atoms with Crippen LogP contribution in [0, 0.1) is 12.7 Å². The van der Waals surface area contributed by atoms with E-state index in [-0.39, 0.29) is 18.3 Å². The summed E-state index contributed by atoms with van der Waals surface area (Å²) in [7, 11) is 0. The molecule has 4 heteroatoms. The van der Waals surface area contributed by atoms with Crippen LogP contribution in [-0.2, 0) is 4.79 Å². The molecule has 0 unspecified atom stereocenters. The van der Waals surface area contributed by atoms with Gasteiger partial charge in [0, 0.05) is 11.8 Å². The van der Waals surface area contributed by atoms with Gasteiger partial charge in [-0.15, -0.1) is 0 Å². The minimum Gasteiger partial charge on any atom is -0.484 e. The van der Waals surface area contributed by atoms with E-state index in [4.69, 9.17) is 4.74 Å². The molecule has 92 valence electrons. The van der Waals surface area contributed by atoms with Crippen molar-refractivity contribution < 1.29 is 13.9 Å². The Morgan fingerprint density at radius 1 is 1.53 bits per heavy atom. The Kier molecular flexibility index (Phi) is 4.69. The monoisotopic (exact) mass is 237 g/mol. The first-order valence-corrected chi connectivity index (χ1v) is 5.39. The average molecular weight is 237 g/mol. The minimum absolute atomic E-state index is 0.151. The van der Waals surface area contributed by atoms with Gasteiger partial charge in [-0.3, -0.25) is 4.79 Å². The summed E-state index contributed by atoms with van der Waals surface area (Å²) in [6, 6.07) is 4.49. The quantitative estimate of drug-likeness (QED) is 0.854. The molecule has 0 spiro atoms. The average Bonchev–Trinajstić information content (AvgIpc) is 2.30. The lowest BCUT2D eigenvalue weighted by molar-refractivity contribution is -0.122. The second-order valence-electron chi connectivity index (χ2n) is 3.70. The summed E-state index contributed by atoms with van der Waals surface area (Å²) < 4.78 is 18.3. The van der Waals surface area contributed by atoms with Gasteiger partial charge in [0.05, 0.1) is 0 Å². The Labute approximate surface area is 100 Å². The van der Waals surface area contributed by atoms with Gasteiger partial charge in [0.15, 0.2) is 6.61 Å². The van der Waals surface area contributed by atoms with Gasteiger partial charge >= 0.3 is 0 Å². The number of aryl methyl sites for hydroxylation is 1. The maximum atomic E-state index is 13.2. The lowest BCUT2D eigenvalue weighted by Gasteiger charge is -2.08. The van der Waals surface area contributed by atoms with Crippen LogP contribution in [0.2, 0.25) is 0 Å². The molecule has 1 N–H and O–H groups in total. The molecule has 0 saturated heterocycles. The van der Waals surface area contributed by atoms with Crippen LogP contribution in [0.5, 0.6) is 5.75 Å². The zero-order chi connectivity index (χ0) is 12.8. The minimum atomic E-state index is -0.346. The zero-order valence-corrected chi connectivity index (χ0v) is 10.0. The Bertz CT molecular complexity index is 429. The van der Waals surface area contributed by atoms with E-state index >= 15 is 0 Å². The third-order valence-electron chi connectivity index (χ3n) is 2.26. The van der Waals surface area contributed by atoms with Crippen molar-refractivity contribution in [2.24, 2.45) is 0 Å². The number of ether oxygens (including phenoxy) is 1. The molecule has 1 rings (SSSR count). The van der Waals surface area contributed by atoms with E-state index in [1.54, 1.807) is 19.1 Å². The molecule has 0 aliphatic rings. The number of rotatable bonds is 5. The van der Waals surface area contributed by atoms with Crippen LogP contribution < -0.4 is 10.1 Å². The SMILES string of the molecule is C=C(CC)NC(=O)COc1ccc(C)c(F)c1. The highest BCUT2D eigenvalue weighted by Crippen LogP contribution is 2.15. The van der Waals surface area contributed by atoms with Gasteiger partial charge in [-0.25, -0.2) is 4.39 Å². The summed E-state index contributed by atoms with van der Waals surface area (Å²) in [5.41, 5.74) is 1.18. The highest BCUT2D eigenvalue weighted by molar-refractivity contribution is 5.79. The molecule has 0 aromatic heterocycles. The summed E-state index contributed by atoms with van der Waals surface area (Å²) >= 11 is 0. The van der Waals surface area contributed by atoms with Gasteiger partial charge < -0.3 is 10.1 Å². The van der Waals surface area contributed by atoms with Crippen molar-refractivity contribution in [1.29, 1.82) is 0 Å². The topological polar surface area (TPSA) is 38.3 Å². The molecule has 0 saturated carbocycles. The van der Waals surface area contributed by atoms with Gasteiger partial charge in [0.25, 0.3) is 5.91 Å². The van der Waals surface area contributed by atoms with Gasteiger partial charge in [-0.05, 0) is 25.0 Å². The van der Waals surface area contributed by atoms with Gasteiger partial charge in [0.2, 0.25) is 0 Å². The van der Waals surface area contributed by atoms with E-state index < -0.39 is 0 Å². The summed E-state index contributed by atoms with van der Waals surface area (Å²) in [6.45, 7) is 7.05. The number of hydrogen-bond donors (Lipinski definition) is 1. The molecule has 1 amide bonds. The molecule has 0 atom stereocenters. The lowest BCUT2D eigenvalue weighted by Crippen LogP contribution is -2.27. The fourth-order valence-corrected chi connectivity index (χ4v) is 1.13. The molecular formula is C13H16FNO2. The number of allylic oxidation sites excluding steroid dienone is 1. The molecule has 0 aliphatic heterocycles. The van der Waals surface area contributed by atoms with Crippen molar-refractivity contribution in [2.45, 2.75) is 20.3 Å². The molecule has 1 aromatic carbocycles. The van der Waals surface area contributed by atoms with Crippen LogP contribution in [0.15, 0.2) is 30.5 Å². The fraction of sp³-hybridized carbons (Fsp3) is 0.308. The Balaban J connectivity index is 2.47. The zero-order valence-electron chi connectivity index (χ0n) is 10.0. The Morgan fingerprint density at radius 3 is 2.82 bits per heavy atom. The van der Waals surface area contributed by atoms with Crippen molar-refractivity contribution in [1.82, 2.24) is 5.32 Å². The first kappa shape index (κ1) is 13.2. The molecule has 1 aromatic rings. The summed E-state index contributed by atoms with van der Waals surface area (Å²) in [5.74, 6) is -0.302. The number of hydrogen-bond acceptors (Lipinski definition) is 2. The standard InChI is InChI=1S/C13H16FNO2/c1-4-10(3)15-13(16)8-17-11-6-5-9(2)12(14)7-11/h5-7H,3-4,8H2,1-2H3,(H,15,16). The van der Waals surface area contributed by atoms with Gasteiger partial charge in [0.1, 0.15) is 11.6 Å². The summed E-state index contributed by atoms with van der Waals surface area (Å²) in [5, 5.41) is 2.57. The molecule has 3 nitrogen and oxygen atoms in total. The van der Waals surface area contributed by atoms with Gasteiger partial charge in [-0.2, -0.15) is 0 Å².